The van der Waals surface area contributed by atoms with Crippen molar-refractivity contribution in [2.24, 2.45) is 0 Å². The molecule has 2 saturated heterocycles. The Morgan fingerprint density at radius 3 is 2.76 bits per heavy atom. The Morgan fingerprint density at radius 1 is 1.20 bits per heavy atom. The first-order valence-corrected chi connectivity index (χ1v) is 9.44. The van der Waals surface area contributed by atoms with Crippen LogP contribution in [0.5, 0.6) is 0 Å². The predicted octanol–water partition coefficient (Wildman–Crippen LogP) is 3.94. The van der Waals surface area contributed by atoms with Gasteiger partial charge in [0.1, 0.15) is 5.60 Å². The summed E-state index contributed by atoms with van der Waals surface area (Å²) in [6.45, 7) is 7.39. The van der Waals surface area contributed by atoms with Gasteiger partial charge in [-0.05, 0) is 62.7 Å². The quantitative estimate of drug-likeness (QED) is 0.762. The first-order valence-electron chi connectivity index (χ1n) is 8.67. The van der Waals surface area contributed by atoms with Gasteiger partial charge in [-0.25, -0.2) is 9.10 Å². The number of ether oxygens (including phenoxy) is 1. The highest BCUT2D eigenvalue weighted by molar-refractivity contribution is 7.97. The molecule has 3 heterocycles. The van der Waals surface area contributed by atoms with Crippen LogP contribution < -0.4 is 0 Å². The van der Waals surface area contributed by atoms with E-state index in [-0.39, 0.29) is 12.1 Å². The number of amides is 1. The second kappa shape index (κ2) is 6.18. The van der Waals surface area contributed by atoms with Crippen molar-refractivity contribution in [2.45, 2.75) is 49.8 Å². The minimum Gasteiger partial charge on any atom is -0.444 e. The van der Waals surface area contributed by atoms with Gasteiger partial charge in [-0.2, -0.15) is 0 Å². The number of likely N-dealkylation sites (tertiary alicyclic amines) is 1. The van der Waals surface area contributed by atoms with Gasteiger partial charge in [0.15, 0.2) is 0 Å². The topological polar surface area (TPSA) is 45.7 Å². The van der Waals surface area contributed by atoms with Gasteiger partial charge in [0.25, 0.3) is 0 Å². The van der Waals surface area contributed by atoms with Crippen LogP contribution >= 0.6 is 11.9 Å². The van der Waals surface area contributed by atoms with Crippen LogP contribution in [-0.4, -0.2) is 51.1 Å². The van der Waals surface area contributed by atoms with Gasteiger partial charge in [0, 0.05) is 41.8 Å². The number of benzene rings is 1. The van der Waals surface area contributed by atoms with Crippen molar-refractivity contribution in [3.05, 3.63) is 36.7 Å². The number of carbonyl (C=O) groups excluding carboxylic acids is 1. The van der Waals surface area contributed by atoms with E-state index >= 15 is 0 Å². The lowest BCUT2D eigenvalue weighted by Crippen LogP contribution is -2.48. The van der Waals surface area contributed by atoms with Gasteiger partial charge in [-0.3, -0.25) is 4.98 Å². The molecule has 0 unspecified atom stereocenters. The molecular formula is C19H23N3O2S. The summed E-state index contributed by atoms with van der Waals surface area (Å²) < 4.78 is 7.94. The van der Waals surface area contributed by atoms with Crippen LogP contribution in [0, 0.1) is 0 Å². The lowest BCUT2D eigenvalue weighted by atomic mass is 10.2. The number of hydrogen-bond donors (Lipinski definition) is 0. The van der Waals surface area contributed by atoms with Gasteiger partial charge >= 0.3 is 6.09 Å². The normalized spacial score (nSPS) is 23.4. The minimum atomic E-state index is -0.437. The van der Waals surface area contributed by atoms with Crippen molar-refractivity contribution >= 4 is 28.8 Å². The Bertz CT molecular complexity index is 805. The van der Waals surface area contributed by atoms with Crippen LogP contribution in [0.15, 0.2) is 41.6 Å². The maximum absolute atomic E-state index is 12.3. The zero-order chi connectivity index (χ0) is 17.6. The molecule has 6 heteroatoms. The number of carbonyl (C=O) groups is 1. The van der Waals surface area contributed by atoms with Crippen LogP contribution in [0.3, 0.4) is 0 Å². The highest BCUT2D eigenvalue weighted by Crippen LogP contribution is 2.39. The highest BCUT2D eigenvalue weighted by atomic mass is 32.2. The van der Waals surface area contributed by atoms with Crippen molar-refractivity contribution in [3.63, 3.8) is 0 Å². The van der Waals surface area contributed by atoms with E-state index in [0.29, 0.717) is 6.04 Å². The van der Waals surface area contributed by atoms with Gasteiger partial charge < -0.3 is 9.64 Å². The number of piperazine rings is 1. The van der Waals surface area contributed by atoms with Gasteiger partial charge in [-0.1, -0.05) is 6.07 Å². The molecule has 2 aliphatic rings. The monoisotopic (exact) mass is 357 g/mol. The second-order valence-corrected chi connectivity index (χ2v) is 8.87. The fraction of sp³-hybridized carbons (Fsp3) is 0.474. The second-order valence-electron chi connectivity index (χ2n) is 7.75. The SMILES string of the molecule is CC(C)(C)OC(=O)N1C[C@@H]2C[C@H]1CN2Sc1ccc2cnccc2c1. The van der Waals surface area contributed by atoms with Crippen molar-refractivity contribution < 1.29 is 9.53 Å². The summed E-state index contributed by atoms with van der Waals surface area (Å²) in [4.78, 5) is 19.6. The zero-order valence-electron chi connectivity index (χ0n) is 14.8. The Balaban J connectivity index is 1.41. The summed E-state index contributed by atoms with van der Waals surface area (Å²) in [6.07, 6.45) is 4.57. The molecule has 4 rings (SSSR count). The summed E-state index contributed by atoms with van der Waals surface area (Å²) in [6, 6.07) is 9.17. The molecular weight excluding hydrogens is 334 g/mol. The standard InChI is InChI=1S/C19H23N3O2S/c1-19(2,3)24-18(23)21-11-16-9-15(21)12-22(16)25-17-5-4-14-10-20-7-6-13(14)8-17/h4-8,10,15-16H,9,11-12H2,1-3H3/t15-,16-/m0/s1. The smallest absolute Gasteiger partial charge is 0.410 e. The van der Waals surface area contributed by atoms with E-state index in [1.54, 1.807) is 11.9 Å². The molecule has 0 radical (unpaired) electrons. The summed E-state index contributed by atoms with van der Waals surface area (Å²) in [5, 5.41) is 2.37. The molecule has 2 bridgehead atoms. The fourth-order valence-electron chi connectivity index (χ4n) is 3.54. The fourth-order valence-corrected chi connectivity index (χ4v) is 4.67. The lowest BCUT2D eigenvalue weighted by molar-refractivity contribution is 0.0177. The molecule has 2 aromatic rings. The lowest BCUT2D eigenvalue weighted by Gasteiger charge is -2.34. The summed E-state index contributed by atoms with van der Waals surface area (Å²) in [5.41, 5.74) is -0.437. The molecule has 0 aliphatic carbocycles. The molecule has 5 nitrogen and oxygen atoms in total. The van der Waals surface area contributed by atoms with E-state index < -0.39 is 5.60 Å². The van der Waals surface area contributed by atoms with E-state index in [4.69, 9.17) is 4.74 Å². The largest absolute Gasteiger partial charge is 0.444 e. The molecule has 25 heavy (non-hydrogen) atoms. The minimum absolute atomic E-state index is 0.178. The van der Waals surface area contributed by atoms with Crippen molar-refractivity contribution in [1.82, 2.24) is 14.2 Å². The zero-order valence-corrected chi connectivity index (χ0v) is 15.6. The van der Waals surface area contributed by atoms with E-state index in [0.717, 1.165) is 24.9 Å². The van der Waals surface area contributed by atoms with Crippen LogP contribution in [0.1, 0.15) is 27.2 Å². The predicted molar refractivity (Wildman–Crippen MR) is 99.4 cm³/mol. The number of nitrogens with zero attached hydrogens (tertiary/aromatic N) is 3. The van der Waals surface area contributed by atoms with E-state index in [1.807, 2.05) is 44.1 Å². The molecule has 0 N–H and O–H groups in total. The Kier molecular flexibility index (Phi) is 4.12. The van der Waals surface area contributed by atoms with Gasteiger partial charge in [-0.15, -0.1) is 0 Å². The van der Waals surface area contributed by atoms with Crippen molar-refractivity contribution in [1.29, 1.82) is 0 Å². The molecule has 2 fully saturated rings. The average molecular weight is 357 g/mol. The third kappa shape index (κ3) is 3.46. The Labute approximate surface area is 152 Å². The summed E-state index contributed by atoms with van der Waals surface area (Å²) >= 11 is 1.79. The molecule has 2 aliphatic heterocycles. The van der Waals surface area contributed by atoms with Crippen LogP contribution in [0.25, 0.3) is 10.8 Å². The third-order valence-corrected chi connectivity index (χ3v) is 5.80. The summed E-state index contributed by atoms with van der Waals surface area (Å²) in [5.74, 6) is 0. The molecule has 2 atom stereocenters. The van der Waals surface area contributed by atoms with E-state index in [1.165, 1.54) is 10.3 Å². The summed E-state index contributed by atoms with van der Waals surface area (Å²) in [7, 11) is 0. The van der Waals surface area contributed by atoms with Crippen LogP contribution in [-0.2, 0) is 4.74 Å². The molecule has 0 saturated carbocycles. The average Bonchev–Trinajstić information content (AvgIpc) is 3.13. The number of aromatic nitrogens is 1. The van der Waals surface area contributed by atoms with Crippen LogP contribution in [0.4, 0.5) is 4.79 Å². The maximum Gasteiger partial charge on any atom is 0.410 e. The first kappa shape index (κ1) is 16.7. The Morgan fingerprint density at radius 2 is 2.04 bits per heavy atom. The van der Waals surface area contributed by atoms with Crippen molar-refractivity contribution in [2.75, 3.05) is 13.1 Å². The third-order valence-electron chi connectivity index (χ3n) is 4.65. The maximum atomic E-state index is 12.3. The van der Waals surface area contributed by atoms with E-state index in [9.17, 15) is 4.79 Å². The van der Waals surface area contributed by atoms with Crippen molar-refractivity contribution in [3.8, 4) is 0 Å². The Hall–Kier alpha value is -1.79. The van der Waals surface area contributed by atoms with Gasteiger partial charge in [0.05, 0.1) is 6.04 Å². The number of hydrogen-bond acceptors (Lipinski definition) is 5. The van der Waals surface area contributed by atoms with Crippen LogP contribution in [0.2, 0.25) is 0 Å². The molecule has 132 valence electrons. The molecule has 1 aromatic heterocycles. The molecule has 1 amide bonds. The first-order chi connectivity index (χ1) is 11.9. The number of pyridine rings is 1. The van der Waals surface area contributed by atoms with E-state index in [2.05, 4.69) is 27.5 Å². The van der Waals surface area contributed by atoms with Gasteiger partial charge in [0.2, 0.25) is 0 Å². The number of fused-ring (bicyclic) bond motifs is 3. The molecule has 1 aromatic carbocycles. The highest BCUT2D eigenvalue weighted by Gasteiger charge is 2.46. The molecule has 0 spiro atoms. The number of rotatable bonds is 2.